The number of hydrogen-bond donors (Lipinski definition) is 1. The van der Waals surface area contributed by atoms with Gasteiger partial charge in [0.25, 0.3) is 0 Å². The molecular formula is C13H23N3O2S. The lowest BCUT2D eigenvalue weighted by atomic mass is 10.3. The van der Waals surface area contributed by atoms with Crippen LogP contribution < -0.4 is 5.32 Å². The number of nitrogens with zero attached hydrogens (tertiary/aromatic N) is 2. The molecule has 1 aromatic rings. The van der Waals surface area contributed by atoms with E-state index in [1.807, 2.05) is 19.1 Å². The summed E-state index contributed by atoms with van der Waals surface area (Å²) >= 11 is 0. The second kappa shape index (κ2) is 8.24. The van der Waals surface area contributed by atoms with E-state index in [4.69, 9.17) is 0 Å². The van der Waals surface area contributed by atoms with Crippen molar-refractivity contribution < 1.29 is 8.42 Å². The van der Waals surface area contributed by atoms with Crippen LogP contribution in [0, 0.1) is 0 Å². The fraction of sp³-hybridized carbons (Fsp3) is 0.615. The van der Waals surface area contributed by atoms with Gasteiger partial charge in [-0.3, -0.25) is 4.98 Å². The molecule has 0 spiro atoms. The van der Waals surface area contributed by atoms with Crippen LogP contribution in [0.4, 0.5) is 0 Å². The first-order chi connectivity index (χ1) is 9.10. The molecule has 0 fully saturated rings. The van der Waals surface area contributed by atoms with Crippen molar-refractivity contribution in [2.24, 2.45) is 0 Å². The van der Waals surface area contributed by atoms with Gasteiger partial charge in [-0.05, 0) is 30.7 Å². The van der Waals surface area contributed by atoms with Crippen molar-refractivity contribution in [1.82, 2.24) is 14.6 Å². The summed E-state index contributed by atoms with van der Waals surface area (Å²) < 4.78 is 25.9. The summed E-state index contributed by atoms with van der Waals surface area (Å²) in [6, 6.07) is 3.68. The Morgan fingerprint density at radius 2 is 1.89 bits per heavy atom. The van der Waals surface area contributed by atoms with E-state index in [1.54, 1.807) is 12.4 Å². The van der Waals surface area contributed by atoms with E-state index in [2.05, 4.69) is 17.2 Å². The third-order valence-corrected chi connectivity index (χ3v) is 4.71. The lowest BCUT2D eigenvalue weighted by molar-refractivity contribution is 0.422. The SMILES string of the molecule is CCCNCCS(=O)(=O)N(CC)Cc1ccncc1. The third kappa shape index (κ3) is 5.67. The van der Waals surface area contributed by atoms with E-state index in [9.17, 15) is 8.42 Å². The van der Waals surface area contributed by atoms with Crippen LogP contribution in [0.5, 0.6) is 0 Å². The zero-order valence-electron chi connectivity index (χ0n) is 11.7. The lowest BCUT2D eigenvalue weighted by Gasteiger charge is -2.20. The summed E-state index contributed by atoms with van der Waals surface area (Å²) in [6.07, 6.45) is 4.37. The summed E-state index contributed by atoms with van der Waals surface area (Å²) in [4.78, 5) is 3.93. The van der Waals surface area contributed by atoms with Gasteiger partial charge >= 0.3 is 0 Å². The number of pyridine rings is 1. The molecule has 0 saturated carbocycles. The normalized spacial score (nSPS) is 11.9. The second-order valence-electron chi connectivity index (χ2n) is 4.35. The molecule has 0 aromatic carbocycles. The lowest BCUT2D eigenvalue weighted by Crippen LogP contribution is -2.36. The number of sulfonamides is 1. The van der Waals surface area contributed by atoms with Crippen LogP contribution in [-0.2, 0) is 16.6 Å². The molecule has 0 radical (unpaired) electrons. The van der Waals surface area contributed by atoms with E-state index < -0.39 is 10.0 Å². The van der Waals surface area contributed by atoms with E-state index in [0.717, 1.165) is 18.5 Å². The van der Waals surface area contributed by atoms with E-state index in [1.165, 1.54) is 4.31 Å². The van der Waals surface area contributed by atoms with Crippen LogP contribution in [0.3, 0.4) is 0 Å². The average Bonchev–Trinajstić information content (AvgIpc) is 2.42. The molecule has 0 bridgehead atoms. The van der Waals surface area contributed by atoms with Gasteiger partial charge in [-0.25, -0.2) is 8.42 Å². The fourth-order valence-corrected chi connectivity index (χ4v) is 3.13. The zero-order chi connectivity index (χ0) is 14.1. The number of nitrogens with one attached hydrogen (secondary N) is 1. The molecule has 1 aromatic heterocycles. The summed E-state index contributed by atoms with van der Waals surface area (Å²) in [6.45, 7) is 6.17. The van der Waals surface area contributed by atoms with Gasteiger partial charge in [0.15, 0.2) is 0 Å². The fourth-order valence-electron chi connectivity index (χ4n) is 1.73. The average molecular weight is 285 g/mol. The molecule has 19 heavy (non-hydrogen) atoms. The maximum atomic E-state index is 12.2. The largest absolute Gasteiger partial charge is 0.316 e. The van der Waals surface area contributed by atoms with E-state index >= 15 is 0 Å². The van der Waals surface area contributed by atoms with E-state index in [0.29, 0.717) is 19.6 Å². The smallest absolute Gasteiger partial charge is 0.215 e. The van der Waals surface area contributed by atoms with Crippen molar-refractivity contribution in [3.8, 4) is 0 Å². The molecule has 5 nitrogen and oxygen atoms in total. The summed E-state index contributed by atoms with van der Waals surface area (Å²) in [5.41, 5.74) is 0.960. The number of rotatable bonds is 9. The maximum absolute atomic E-state index is 12.2. The zero-order valence-corrected chi connectivity index (χ0v) is 12.5. The highest BCUT2D eigenvalue weighted by Gasteiger charge is 2.19. The van der Waals surface area contributed by atoms with Gasteiger partial charge in [-0.15, -0.1) is 0 Å². The van der Waals surface area contributed by atoms with Gasteiger partial charge in [0.2, 0.25) is 10.0 Å². The molecule has 0 aliphatic rings. The van der Waals surface area contributed by atoms with Gasteiger partial charge in [0, 0.05) is 32.0 Å². The summed E-state index contributed by atoms with van der Waals surface area (Å²) in [7, 11) is -3.20. The van der Waals surface area contributed by atoms with Crippen molar-refractivity contribution in [3.05, 3.63) is 30.1 Å². The molecule has 0 saturated heterocycles. The molecule has 1 rings (SSSR count). The Balaban J connectivity index is 2.57. The quantitative estimate of drug-likeness (QED) is 0.693. The first-order valence-corrected chi connectivity index (χ1v) is 8.28. The summed E-state index contributed by atoms with van der Waals surface area (Å²) in [5, 5.41) is 3.12. The minimum Gasteiger partial charge on any atom is -0.316 e. The van der Waals surface area contributed by atoms with Crippen molar-refractivity contribution in [3.63, 3.8) is 0 Å². The Kier molecular flexibility index (Phi) is 6.97. The molecule has 6 heteroatoms. The molecule has 0 aliphatic carbocycles. The monoisotopic (exact) mass is 285 g/mol. The Morgan fingerprint density at radius 3 is 2.47 bits per heavy atom. The standard InChI is InChI=1S/C13H23N3O2S/c1-3-7-14-10-11-19(17,18)16(4-2)12-13-5-8-15-9-6-13/h5-6,8-9,14H,3-4,7,10-12H2,1-2H3. The maximum Gasteiger partial charge on any atom is 0.215 e. The molecule has 0 atom stereocenters. The van der Waals surface area contributed by atoms with Gasteiger partial charge in [0.05, 0.1) is 5.75 Å². The molecule has 0 amide bonds. The number of aromatic nitrogens is 1. The van der Waals surface area contributed by atoms with Crippen LogP contribution in [0.15, 0.2) is 24.5 Å². The Labute approximate surface area is 116 Å². The van der Waals surface area contributed by atoms with Crippen molar-refractivity contribution in [2.75, 3.05) is 25.4 Å². The predicted octanol–water partition coefficient (Wildman–Crippen LogP) is 1.23. The molecular weight excluding hydrogens is 262 g/mol. The molecule has 0 aliphatic heterocycles. The Hall–Kier alpha value is -0.980. The summed E-state index contributed by atoms with van der Waals surface area (Å²) in [5.74, 6) is 0.145. The van der Waals surface area contributed by atoms with Gasteiger partial charge < -0.3 is 5.32 Å². The topological polar surface area (TPSA) is 62.3 Å². The van der Waals surface area contributed by atoms with Gasteiger partial charge in [-0.1, -0.05) is 13.8 Å². The Bertz CT molecular complexity index is 448. The molecule has 1 heterocycles. The van der Waals surface area contributed by atoms with Gasteiger partial charge in [0.1, 0.15) is 0 Å². The van der Waals surface area contributed by atoms with E-state index in [-0.39, 0.29) is 5.75 Å². The van der Waals surface area contributed by atoms with Crippen molar-refractivity contribution in [2.45, 2.75) is 26.8 Å². The number of hydrogen-bond acceptors (Lipinski definition) is 4. The van der Waals surface area contributed by atoms with Crippen LogP contribution in [0.1, 0.15) is 25.8 Å². The highest BCUT2D eigenvalue weighted by Crippen LogP contribution is 2.08. The van der Waals surface area contributed by atoms with Crippen LogP contribution in [-0.4, -0.2) is 43.1 Å². The first kappa shape index (κ1) is 16.1. The minimum absolute atomic E-state index is 0.145. The first-order valence-electron chi connectivity index (χ1n) is 6.67. The Morgan fingerprint density at radius 1 is 1.21 bits per heavy atom. The second-order valence-corrected chi connectivity index (χ2v) is 6.44. The van der Waals surface area contributed by atoms with Crippen LogP contribution >= 0.6 is 0 Å². The predicted molar refractivity (Wildman–Crippen MR) is 77.3 cm³/mol. The van der Waals surface area contributed by atoms with Crippen LogP contribution in [0.2, 0.25) is 0 Å². The third-order valence-electron chi connectivity index (χ3n) is 2.82. The van der Waals surface area contributed by atoms with Crippen LogP contribution in [0.25, 0.3) is 0 Å². The highest BCUT2D eigenvalue weighted by molar-refractivity contribution is 7.89. The minimum atomic E-state index is -3.20. The molecule has 1 N–H and O–H groups in total. The van der Waals surface area contributed by atoms with Gasteiger partial charge in [-0.2, -0.15) is 4.31 Å². The highest BCUT2D eigenvalue weighted by atomic mass is 32.2. The molecule has 0 unspecified atom stereocenters. The van der Waals surface area contributed by atoms with Crippen molar-refractivity contribution >= 4 is 10.0 Å². The van der Waals surface area contributed by atoms with Crippen molar-refractivity contribution in [1.29, 1.82) is 0 Å². The molecule has 108 valence electrons.